The largest absolute Gasteiger partial charge is 0.261 e. The van der Waals surface area contributed by atoms with E-state index in [1.54, 1.807) is 0 Å². The highest BCUT2D eigenvalue weighted by molar-refractivity contribution is 5.85. The minimum Gasteiger partial charge on any atom is -0.261 e. The van der Waals surface area contributed by atoms with Crippen LogP contribution in [0, 0.1) is 0 Å². The van der Waals surface area contributed by atoms with Crippen LogP contribution in [0.2, 0.25) is 0 Å². The molecule has 1 aromatic carbocycles. The Kier molecular flexibility index (Phi) is 8.95. The third-order valence-electron chi connectivity index (χ3n) is 3.53. The minimum absolute atomic E-state index is 0.910. The molecule has 0 saturated carbocycles. The first kappa shape index (κ1) is 20.4. The Balaban J connectivity index is 3.41. The minimum atomic E-state index is 0.910. The van der Waals surface area contributed by atoms with E-state index in [0.717, 1.165) is 40.0 Å². The van der Waals surface area contributed by atoms with Gasteiger partial charge >= 0.3 is 0 Å². The van der Waals surface area contributed by atoms with Gasteiger partial charge in [0.15, 0.2) is 0 Å². The van der Waals surface area contributed by atoms with Crippen LogP contribution in [0.15, 0.2) is 84.5 Å². The monoisotopic (exact) mass is 331 g/mol. The van der Waals surface area contributed by atoms with Crippen molar-refractivity contribution in [3.05, 3.63) is 90.6 Å². The molecule has 0 fully saturated rings. The summed E-state index contributed by atoms with van der Waals surface area (Å²) < 4.78 is 0. The third-order valence-corrected chi connectivity index (χ3v) is 3.53. The van der Waals surface area contributed by atoms with E-state index in [-0.39, 0.29) is 0 Å². The summed E-state index contributed by atoms with van der Waals surface area (Å²) in [4.78, 5) is 4.62. The summed E-state index contributed by atoms with van der Waals surface area (Å²) in [6, 6.07) is 6.29. The van der Waals surface area contributed by atoms with Crippen LogP contribution in [-0.4, -0.2) is 6.21 Å². The number of allylic oxidation sites excluding steroid dienone is 10. The number of benzene rings is 1. The smallest absolute Gasteiger partial charge is 0.0704 e. The summed E-state index contributed by atoms with van der Waals surface area (Å²) in [5.74, 6) is 0. The van der Waals surface area contributed by atoms with E-state index < -0.39 is 0 Å². The zero-order chi connectivity index (χ0) is 18.7. The van der Waals surface area contributed by atoms with Gasteiger partial charge in [-0.15, -0.1) is 0 Å². The summed E-state index contributed by atoms with van der Waals surface area (Å²) in [6.45, 7) is 16.2. The van der Waals surface area contributed by atoms with Crippen molar-refractivity contribution in [2.75, 3.05) is 0 Å². The lowest BCUT2D eigenvalue weighted by molar-refractivity contribution is 1.31. The molecule has 0 N–H and O–H groups in total. The molecule has 1 heteroatoms. The molecule has 0 aliphatic heterocycles. The Hall–Kier alpha value is -2.67. The molecule has 0 heterocycles. The highest BCUT2D eigenvalue weighted by Gasteiger charge is 2.06. The molecule has 0 atom stereocenters. The molecule has 0 bridgehead atoms. The average Bonchev–Trinajstić information content (AvgIpc) is 2.59. The van der Waals surface area contributed by atoms with E-state index in [1.165, 1.54) is 0 Å². The van der Waals surface area contributed by atoms with Gasteiger partial charge in [0.25, 0.3) is 0 Å². The molecule has 1 nitrogen and oxygen atoms in total. The molecule has 130 valence electrons. The first-order valence-electron chi connectivity index (χ1n) is 8.69. The quantitative estimate of drug-likeness (QED) is 0.346. The van der Waals surface area contributed by atoms with Crippen molar-refractivity contribution in [1.82, 2.24) is 0 Å². The first-order chi connectivity index (χ1) is 12.0. The van der Waals surface area contributed by atoms with Crippen LogP contribution in [0.5, 0.6) is 0 Å². The summed E-state index contributed by atoms with van der Waals surface area (Å²) in [6.07, 6.45) is 17.1. The Morgan fingerprint density at radius 1 is 1.08 bits per heavy atom. The van der Waals surface area contributed by atoms with E-state index in [0.29, 0.717) is 0 Å². The van der Waals surface area contributed by atoms with Gasteiger partial charge in [-0.05, 0) is 56.0 Å². The summed E-state index contributed by atoms with van der Waals surface area (Å²) in [5, 5.41) is 0. The van der Waals surface area contributed by atoms with Gasteiger partial charge in [0, 0.05) is 11.8 Å². The van der Waals surface area contributed by atoms with Crippen LogP contribution in [0.1, 0.15) is 45.2 Å². The molecule has 1 rings (SSSR count). The Bertz CT molecular complexity index is 752. The second-order valence-corrected chi connectivity index (χ2v) is 5.79. The molecule has 0 unspecified atom stereocenters. The van der Waals surface area contributed by atoms with Crippen molar-refractivity contribution in [3.63, 3.8) is 0 Å². The lowest BCUT2D eigenvalue weighted by atomic mass is 9.97. The van der Waals surface area contributed by atoms with Gasteiger partial charge in [-0.25, -0.2) is 0 Å². The molecule has 0 radical (unpaired) electrons. The maximum absolute atomic E-state index is 4.62. The zero-order valence-electron chi connectivity index (χ0n) is 15.9. The molecule has 0 spiro atoms. The Morgan fingerprint density at radius 2 is 1.80 bits per heavy atom. The fourth-order valence-corrected chi connectivity index (χ4v) is 2.29. The van der Waals surface area contributed by atoms with E-state index in [4.69, 9.17) is 0 Å². The number of rotatable bonds is 8. The van der Waals surface area contributed by atoms with Crippen LogP contribution < -0.4 is 0 Å². The van der Waals surface area contributed by atoms with Gasteiger partial charge in [0.2, 0.25) is 0 Å². The van der Waals surface area contributed by atoms with Gasteiger partial charge in [-0.1, -0.05) is 74.3 Å². The second-order valence-electron chi connectivity index (χ2n) is 5.79. The first-order valence-corrected chi connectivity index (χ1v) is 8.69. The fraction of sp³-hybridized carbons (Fsp3) is 0.208. The van der Waals surface area contributed by atoms with E-state index in [9.17, 15) is 0 Å². The van der Waals surface area contributed by atoms with Gasteiger partial charge in [-0.2, -0.15) is 0 Å². The molecule has 0 aromatic heterocycles. The molecule has 0 aliphatic carbocycles. The van der Waals surface area contributed by atoms with E-state index in [1.807, 2.05) is 57.4 Å². The molecule has 1 aromatic rings. The Morgan fingerprint density at radius 3 is 2.40 bits per heavy atom. The van der Waals surface area contributed by atoms with Gasteiger partial charge < -0.3 is 0 Å². The standard InChI is InChI=1S/C24H29N/c1-7-11-20(6)13-10-14-21(12-8-2)23-18-22(19(4)5)15-16-24(23)25-17-9-3/h7-8,10-18H,4,6,9H2,1-3,5H3/b11-7-,12-8-,13-10+,21-14+,25-17-. The summed E-state index contributed by atoms with van der Waals surface area (Å²) >= 11 is 0. The van der Waals surface area contributed by atoms with Gasteiger partial charge in [0.1, 0.15) is 0 Å². The molecule has 0 amide bonds. The van der Waals surface area contributed by atoms with Crippen molar-refractivity contribution < 1.29 is 0 Å². The predicted octanol–water partition coefficient (Wildman–Crippen LogP) is 7.48. The highest BCUT2D eigenvalue weighted by Crippen LogP contribution is 2.30. The summed E-state index contributed by atoms with van der Waals surface area (Å²) in [7, 11) is 0. The van der Waals surface area contributed by atoms with Crippen molar-refractivity contribution in [1.29, 1.82) is 0 Å². The molecule has 25 heavy (non-hydrogen) atoms. The number of hydrogen-bond donors (Lipinski definition) is 0. The van der Waals surface area contributed by atoms with Crippen LogP contribution in [-0.2, 0) is 0 Å². The summed E-state index contributed by atoms with van der Waals surface area (Å²) in [5.41, 5.74) is 6.32. The average molecular weight is 332 g/mol. The lowest BCUT2D eigenvalue weighted by Crippen LogP contribution is -1.87. The van der Waals surface area contributed by atoms with Crippen LogP contribution in [0.4, 0.5) is 5.69 Å². The molecule has 0 aliphatic rings. The predicted molar refractivity (Wildman–Crippen MR) is 115 cm³/mol. The van der Waals surface area contributed by atoms with Crippen molar-refractivity contribution in [2.45, 2.75) is 34.1 Å². The molecule has 0 saturated heterocycles. The normalized spacial score (nSPS) is 12.9. The second kappa shape index (κ2) is 11.0. The topological polar surface area (TPSA) is 12.4 Å². The number of aliphatic imine (C=N–C) groups is 1. The zero-order valence-corrected chi connectivity index (χ0v) is 15.9. The highest BCUT2D eigenvalue weighted by atomic mass is 14.7. The van der Waals surface area contributed by atoms with E-state index in [2.05, 4.69) is 55.4 Å². The lowest BCUT2D eigenvalue weighted by Gasteiger charge is -2.10. The van der Waals surface area contributed by atoms with E-state index >= 15 is 0 Å². The van der Waals surface area contributed by atoms with Gasteiger partial charge in [0.05, 0.1) is 5.69 Å². The Labute approximate surface area is 153 Å². The maximum atomic E-state index is 4.62. The maximum Gasteiger partial charge on any atom is 0.0704 e. The van der Waals surface area contributed by atoms with Crippen molar-refractivity contribution in [2.24, 2.45) is 4.99 Å². The number of hydrogen-bond acceptors (Lipinski definition) is 1. The number of nitrogens with zero attached hydrogens (tertiary/aromatic N) is 1. The van der Waals surface area contributed by atoms with Crippen LogP contribution >= 0.6 is 0 Å². The van der Waals surface area contributed by atoms with Crippen LogP contribution in [0.25, 0.3) is 11.1 Å². The van der Waals surface area contributed by atoms with Crippen molar-refractivity contribution >= 4 is 23.0 Å². The van der Waals surface area contributed by atoms with Crippen molar-refractivity contribution in [3.8, 4) is 0 Å². The molecular formula is C24H29N. The molecular weight excluding hydrogens is 302 g/mol. The fourth-order valence-electron chi connectivity index (χ4n) is 2.29. The van der Waals surface area contributed by atoms with Crippen LogP contribution in [0.3, 0.4) is 0 Å². The SMILES string of the molecule is C=C(/C=C\C)/C=C/C=C(\C=C/C)c1cc(C(=C)C)ccc1/N=C\CC. The van der Waals surface area contributed by atoms with Gasteiger partial charge in [-0.3, -0.25) is 4.99 Å². The third kappa shape index (κ3) is 6.76.